The van der Waals surface area contributed by atoms with Crippen molar-refractivity contribution in [2.45, 2.75) is 6.92 Å². The van der Waals surface area contributed by atoms with Crippen LogP contribution in [0.4, 0.5) is 0 Å². The average molecular weight is 194 g/mol. The highest BCUT2D eigenvalue weighted by Gasteiger charge is 1.93. The fraction of sp³-hybridized carbons (Fsp3) is 0.0667. The lowest BCUT2D eigenvalue weighted by atomic mass is 10.0. The van der Waals surface area contributed by atoms with Gasteiger partial charge in [-0.15, -0.1) is 12.8 Å². The summed E-state index contributed by atoms with van der Waals surface area (Å²) in [7, 11) is 0. The maximum absolute atomic E-state index is 4.00. The van der Waals surface area contributed by atoms with Crippen molar-refractivity contribution in [2.75, 3.05) is 0 Å². The highest BCUT2D eigenvalue weighted by Crippen LogP contribution is 2.18. The summed E-state index contributed by atoms with van der Waals surface area (Å²) < 4.78 is 0. The third-order valence-corrected chi connectivity index (χ3v) is 2.16. The summed E-state index contributed by atoms with van der Waals surface area (Å²) in [6.07, 6.45) is 8.00. The molecule has 0 aliphatic rings. The summed E-state index contributed by atoms with van der Waals surface area (Å²) in [5, 5.41) is 0. The molecule has 0 bridgehead atoms. The van der Waals surface area contributed by atoms with E-state index in [0.717, 1.165) is 0 Å². The van der Waals surface area contributed by atoms with Gasteiger partial charge in [0.2, 0.25) is 0 Å². The number of hydrogen-bond donors (Lipinski definition) is 0. The predicted octanol–water partition coefficient (Wildman–Crippen LogP) is 3.91. The van der Waals surface area contributed by atoms with E-state index in [1.165, 1.54) is 16.7 Å². The van der Waals surface area contributed by atoms with Gasteiger partial charge < -0.3 is 0 Å². The van der Waals surface area contributed by atoms with Gasteiger partial charge in [0, 0.05) is 0 Å². The zero-order valence-electron chi connectivity index (χ0n) is 8.85. The van der Waals surface area contributed by atoms with Crippen LogP contribution in [0.1, 0.15) is 5.56 Å². The first-order valence-electron chi connectivity index (χ1n) is 4.82. The lowest BCUT2D eigenvalue weighted by Gasteiger charge is -2.00. The fourth-order valence-corrected chi connectivity index (χ4v) is 1.38. The van der Waals surface area contributed by atoms with Crippen LogP contribution < -0.4 is 0 Å². The molecule has 0 aromatic heterocycles. The molecule has 0 atom stereocenters. The Hall–Kier alpha value is -2.00. The number of benzene rings is 2. The molecule has 0 heteroatoms. The third kappa shape index (κ3) is 3.00. The highest BCUT2D eigenvalue weighted by atomic mass is 14.0. The molecule has 0 amide bonds. The van der Waals surface area contributed by atoms with Crippen molar-refractivity contribution in [1.29, 1.82) is 0 Å². The maximum atomic E-state index is 4.00. The van der Waals surface area contributed by atoms with Crippen molar-refractivity contribution in [3.8, 4) is 24.0 Å². The molecule has 0 spiro atoms. The van der Waals surface area contributed by atoms with Crippen LogP contribution in [-0.2, 0) is 0 Å². The Labute approximate surface area is 91.6 Å². The van der Waals surface area contributed by atoms with Crippen LogP contribution in [0.2, 0.25) is 0 Å². The Bertz CT molecular complexity index is 407. The van der Waals surface area contributed by atoms with Crippen LogP contribution in [0.15, 0.2) is 54.6 Å². The molecule has 2 aromatic rings. The summed E-state index contributed by atoms with van der Waals surface area (Å²) in [5.41, 5.74) is 3.87. The van der Waals surface area contributed by atoms with Gasteiger partial charge in [0.05, 0.1) is 0 Å². The van der Waals surface area contributed by atoms with Gasteiger partial charge in [0.25, 0.3) is 0 Å². The van der Waals surface area contributed by atoms with Gasteiger partial charge in [-0.3, -0.25) is 0 Å². The summed E-state index contributed by atoms with van der Waals surface area (Å²) in [4.78, 5) is 0. The van der Waals surface area contributed by atoms with Crippen molar-refractivity contribution in [3.05, 3.63) is 60.2 Å². The Morgan fingerprint density at radius 3 is 1.67 bits per heavy atom. The molecule has 0 fully saturated rings. The lowest BCUT2D eigenvalue weighted by molar-refractivity contribution is 1.47. The van der Waals surface area contributed by atoms with Crippen LogP contribution in [0.25, 0.3) is 11.1 Å². The van der Waals surface area contributed by atoms with E-state index in [0.29, 0.717) is 0 Å². The zero-order chi connectivity index (χ0) is 11.1. The van der Waals surface area contributed by atoms with E-state index >= 15 is 0 Å². The summed E-state index contributed by atoms with van der Waals surface area (Å²) in [6, 6.07) is 19.0. The van der Waals surface area contributed by atoms with Crippen molar-refractivity contribution in [2.24, 2.45) is 0 Å². The molecule has 74 valence electrons. The van der Waals surface area contributed by atoms with Crippen molar-refractivity contribution in [1.82, 2.24) is 0 Å². The topological polar surface area (TPSA) is 0 Å². The molecule has 0 aliphatic carbocycles. The first-order chi connectivity index (χ1) is 7.36. The molecule has 0 N–H and O–H groups in total. The van der Waals surface area contributed by atoms with Crippen molar-refractivity contribution >= 4 is 0 Å². The Morgan fingerprint density at radius 1 is 0.667 bits per heavy atom. The Kier molecular flexibility index (Phi) is 4.19. The first kappa shape index (κ1) is 11.1. The van der Waals surface area contributed by atoms with Crippen LogP contribution >= 0.6 is 0 Å². The molecule has 0 heterocycles. The van der Waals surface area contributed by atoms with Gasteiger partial charge in [0.1, 0.15) is 0 Å². The largest absolute Gasteiger partial charge is 0.124 e. The van der Waals surface area contributed by atoms with Gasteiger partial charge in [-0.25, -0.2) is 0 Å². The van der Waals surface area contributed by atoms with E-state index in [2.05, 4.69) is 68.3 Å². The second kappa shape index (κ2) is 5.67. The van der Waals surface area contributed by atoms with Crippen LogP contribution in [0.5, 0.6) is 0 Å². The monoisotopic (exact) mass is 194 g/mol. The number of rotatable bonds is 1. The quantitative estimate of drug-likeness (QED) is 0.604. The van der Waals surface area contributed by atoms with E-state index in [9.17, 15) is 0 Å². The number of aryl methyl sites for hydroxylation is 1. The van der Waals surface area contributed by atoms with E-state index in [1.807, 2.05) is 6.07 Å². The van der Waals surface area contributed by atoms with Crippen LogP contribution in [0, 0.1) is 19.8 Å². The standard InChI is InChI=1S/C13H12.C2H2/c1-11-7-9-13(10-8-11)12-5-3-2-4-6-12;1-2/h2-10H,1H3;1-2H. The molecule has 0 saturated carbocycles. The second-order valence-electron chi connectivity index (χ2n) is 3.23. The molecular weight excluding hydrogens is 180 g/mol. The molecule has 0 unspecified atom stereocenters. The minimum absolute atomic E-state index is 1.28. The van der Waals surface area contributed by atoms with Gasteiger partial charge in [-0.05, 0) is 18.1 Å². The SMILES string of the molecule is C#C.Cc1ccc(-c2ccccc2)cc1. The lowest BCUT2D eigenvalue weighted by Crippen LogP contribution is -1.76. The fourth-order valence-electron chi connectivity index (χ4n) is 1.38. The molecule has 2 rings (SSSR count). The minimum Gasteiger partial charge on any atom is -0.124 e. The predicted molar refractivity (Wildman–Crippen MR) is 66.5 cm³/mol. The molecule has 0 nitrogen and oxygen atoms in total. The Balaban J connectivity index is 0.000000531. The molecule has 0 radical (unpaired) electrons. The third-order valence-electron chi connectivity index (χ3n) is 2.16. The highest BCUT2D eigenvalue weighted by molar-refractivity contribution is 5.63. The van der Waals surface area contributed by atoms with Gasteiger partial charge in [-0.1, -0.05) is 60.2 Å². The summed E-state index contributed by atoms with van der Waals surface area (Å²) in [6.45, 7) is 2.11. The molecule has 0 saturated heterocycles. The number of terminal acetylenes is 1. The second-order valence-corrected chi connectivity index (χ2v) is 3.23. The maximum Gasteiger partial charge on any atom is -0.0184 e. The molecular formula is C15H14. The smallest absolute Gasteiger partial charge is 0.0184 e. The van der Waals surface area contributed by atoms with Crippen molar-refractivity contribution < 1.29 is 0 Å². The normalized spacial score (nSPS) is 8.73. The van der Waals surface area contributed by atoms with E-state index in [-0.39, 0.29) is 0 Å². The van der Waals surface area contributed by atoms with Gasteiger partial charge >= 0.3 is 0 Å². The molecule has 0 aliphatic heterocycles. The van der Waals surface area contributed by atoms with E-state index in [1.54, 1.807) is 0 Å². The summed E-state index contributed by atoms with van der Waals surface area (Å²) in [5.74, 6) is 0. The Morgan fingerprint density at radius 2 is 1.13 bits per heavy atom. The van der Waals surface area contributed by atoms with Crippen LogP contribution in [0.3, 0.4) is 0 Å². The molecule has 2 aromatic carbocycles. The zero-order valence-corrected chi connectivity index (χ0v) is 8.85. The average Bonchev–Trinajstić information content (AvgIpc) is 2.34. The van der Waals surface area contributed by atoms with Gasteiger partial charge in [-0.2, -0.15) is 0 Å². The van der Waals surface area contributed by atoms with E-state index < -0.39 is 0 Å². The van der Waals surface area contributed by atoms with E-state index in [4.69, 9.17) is 0 Å². The van der Waals surface area contributed by atoms with Crippen molar-refractivity contribution in [3.63, 3.8) is 0 Å². The van der Waals surface area contributed by atoms with Gasteiger partial charge in [0.15, 0.2) is 0 Å². The summed E-state index contributed by atoms with van der Waals surface area (Å²) >= 11 is 0. The molecule has 15 heavy (non-hydrogen) atoms. The number of hydrogen-bond acceptors (Lipinski definition) is 0. The first-order valence-corrected chi connectivity index (χ1v) is 4.82. The van der Waals surface area contributed by atoms with Crippen LogP contribution in [-0.4, -0.2) is 0 Å². The minimum atomic E-state index is 1.28.